The van der Waals surface area contributed by atoms with Crippen molar-refractivity contribution < 1.29 is 9.47 Å². The molecule has 0 bridgehead atoms. The van der Waals surface area contributed by atoms with Gasteiger partial charge in [-0.1, -0.05) is 24.3 Å². The lowest BCUT2D eigenvalue weighted by Gasteiger charge is -2.10. The molecule has 0 aliphatic rings. The molecule has 3 heteroatoms. The second-order valence-corrected chi connectivity index (χ2v) is 4.40. The summed E-state index contributed by atoms with van der Waals surface area (Å²) in [6, 6.07) is 8.15. The number of nitrogens with one attached hydrogen (secondary N) is 1. The first-order chi connectivity index (χ1) is 9.38. The average molecular weight is 263 g/mol. The molecule has 0 saturated heterocycles. The van der Waals surface area contributed by atoms with Crippen molar-refractivity contribution >= 4 is 0 Å². The molecule has 1 aromatic carbocycles. The van der Waals surface area contributed by atoms with Crippen LogP contribution in [-0.2, 0) is 11.2 Å². The minimum absolute atomic E-state index is 0.764. The first-order valence-corrected chi connectivity index (χ1v) is 6.89. The van der Waals surface area contributed by atoms with Gasteiger partial charge in [-0.3, -0.25) is 0 Å². The second-order valence-electron chi connectivity index (χ2n) is 4.40. The van der Waals surface area contributed by atoms with Crippen LogP contribution >= 0.6 is 0 Å². The van der Waals surface area contributed by atoms with E-state index >= 15 is 0 Å². The van der Waals surface area contributed by atoms with E-state index in [1.165, 1.54) is 5.56 Å². The van der Waals surface area contributed by atoms with Crippen molar-refractivity contribution in [1.29, 1.82) is 0 Å². The van der Waals surface area contributed by atoms with E-state index in [9.17, 15) is 0 Å². The Balaban J connectivity index is 2.13. The molecule has 19 heavy (non-hydrogen) atoms. The van der Waals surface area contributed by atoms with Crippen LogP contribution in [0.4, 0.5) is 0 Å². The lowest BCUT2D eigenvalue weighted by Crippen LogP contribution is -2.20. The smallest absolute Gasteiger partial charge is 0.122 e. The van der Waals surface area contributed by atoms with Gasteiger partial charge in [0.2, 0.25) is 0 Å². The zero-order valence-corrected chi connectivity index (χ0v) is 11.9. The second kappa shape index (κ2) is 10.6. The number of hydrogen-bond acceptors (Lipinski definition) is 3. The Morgan fingerprint density at radius 1 is 1.16 bits per heavy atom. The highest BCUT2D eigenvalue weighted by atomic mass is 16.5. The van der Waals surface area contributed by atoms with Crippen LogP contribution in [-0.4, -0.2) is 33.4 Å². The zero-order chi connectivity index (χ0) is 13.8. The van der Waals surface area contributed by atoms with E-state index in [0.717, 1.165) is 51.3 Å². The summed E-state index contributed by atoms with van der Waals surface area (Å²) < 4.78 is 10.8. The van der Waals surface area contributed by atoms with Crippen LogP contribution in [0.2, 0.25) is 0 Å². The molecular weight excluding hydrogens is 238 g/mol. The SMILES string of the molecule is C=CCc1ccccc1OCCCCNCCOC. The molecule has 0 atom stereocenters. The largest absolute Gasteiger partial charge is 0.493 e. The minimum Gasteiger partial charge on any atom is -0.493 e. The van der Waals surface area contributed by atoms with Gasteiger partial charge in [0.15, 0.2) is 0 Å². The monoisotopic (exact) mass is 263 g/mol. The number of para-hydroxylation sites is 1. The maximum Gasteiger partial charge on any atom is 0.122 e. The van der Waals surface area contributed by atoms with Crippen molar-refractivity contribution in [1.82, 2.24) is 5.32 Å². The molecule has 0 radical (unpaired) electrons. The van der Waals surface area contributed by atoms with E-state index in [1.54, 1.807) is 7.11 Å². The van der Waals surface area contributed by atoms with Gasteiger partial charge in [0.05, 0.1) is 13.2 Å². The van der Waals surface area contributed by atoms with Gasteiger partial charge >= 0.3 is 0 Å². The topological polar surface area (TPSA) is 30.5 Å². The number of unbranched alkanes of at least 4 members (excludes halogenated alkanes) is 1. The third kappa shape index (κ3) is 6.99. The summed E-state index contributed by atoms with van der Waals surface area (Å²) in [5.74, 6) is 0.981. The van der Waals surface area contributed by atoms with Gasteiger partial charge < -0.3 is 14.8 Å². The average Bonchev–Trinajstić information content (AvgIpc) is 2.44. The van der Waals surface area contributed by atoms with Crippen LogP contribution in [0.3, 0.4) is 0 Å². The molecule has 0 spiro atoms. The van der Waals surface area contributed by atoms with Crippen LogP contribution in [0.5, 0.6) is 5.75 Å². The third-order valence-corrected chi connectivity index (χ3v) is 2.83. The molecule has 0 aromatic heterocycles. The highest BCUT2D eigenvalue weighted by Crippen LogP contribution is 2.18. The van der Waals surface area contributed by atoms with Gasteiger partial charge in [-0.25, -0.2) is 0 Å². The molecule has 0 aliphatic carbocycles. The van der Waals surface area contributed by atoms with Gasteiger partial charge in [-0.05, 0) is 37.4 Å². The summed E-state index contributed by atoms with van der Waals surface area (Å²) in [7, 11) is 1.72. The molecular formula is C16H25NO2. The maximum absolute atomic E-state index is 5.82. The Morgan fingerprint density at radius 2 is 2.00 bits per heavy atom. The van der Waals surface area contributed by atoms with Gasteiger partial charge in [-0.15, -0.1) is 6.58 Å². The lowest BCUT2D eigenvalue weighted by atomic mass is 10.1. The van der Waals surface area contributed by atoms with Crippen LogP contribution in [0, 0.1) is 0 Å². The summed E-state index contributed by atoms with van der Waals surface area (Å²) in [6.07, 6.45) is 4.94. The quantitative estimate of drug-likeness (QED) is 0.492. The fourth-order valence-electron chi connectivity index (χ4n) is 1.80. The highest BCUT2D eigenvalue weighted by molar-refractivity contribution is 5.34. The molecule has 0 saturated carbocycles. The van der Waals surface area contributed by atoms with E-state index in [-0.39, 0.29) is 0 Å². The first kappa shape index (κ1) is 15.7. The molecule has 3 nitrogen and oxygen atoms in total. The number of ether oxygens (including phenoxy) is 2. The van der Waals surface area contributed by atoms with Crippen LogP contribution < -0.4 is 10.1 Å². The summed E-state index contributed by atoms with van der Waals surface area (Å²) in [5.41, 5.74) is 1.20. The molecule has 0 unspecified atom stereocenters. The Morgan fingerprint density at radius 3 is 2.79 bits per heavy atom. The standard InChI is InChI=1S/C16H25NO2/c1-3-8-15-9-4-5-10-16(15)19-13-7-6-11-17-12-14-18-2/h3-5,9-10,17H,1,6-8,11-14H2,2H3. The molecule has 106 valence electrons. The van der Waals surface area contributed by atoms with Gasteiger partial charge in [0.25, 0.3) is 0 Å². The zero-order valence-electron chi connectivity index (χ0n) is 11.9. The maximum atomic E-state index is 5.82. The number of methoxy groups -OCH3 is 1. The molecule has 0 fully saturated rings. The predicted octanol–water partition coefficient (Wildman–Crippen LogP) is 2.81. The van der Waals surface area contributed by atoms with E-state index < -0.39 is 0 Å². The van der Waals surface area contributed by atoms with Gasteiger partial charge in [0, 0.05) is 13.7 Å². The summed E-state index contributed by atoms with van der Waals surface area (Å²) in [6.45, 7) is 7.23. The fraction of sp³-hybridized carbons (Fsp3) is 0.500. The predicted molar refractivity (Wildman–Crippen MR) is 79.8 cm³/mol. The molecule has 1 N–H and O–H groups in total. The van der Waals surface area contributed by atoms with Gasteiger partial charge in [-0.2, -0.15) is 0 Å². The Kier molecular flexibility index (Phi) is 8.77. The van der Waals surface area contributed by atoms with Gasteiger partial charge in [0.1, 0.15) is 5.75 Å². The van der Waals surface area contributed by atoms with Crippen molar-refractivity contribution in [2.75, 3.05) is 33.4 Å². The van der Waals surface area contributed by atoms with Crippen LogP contribution in [0.25, 0.3) is 0 Å². The fourth-order valence-corrected chi connectivity index (χ4v) is 1.80. The number of benzene rings is 1. The summed E-state index contributed by atoms with van der Waals surface area (Å²) in [4.78, 5) is 0. The minimum atomic E-state index is 0.764. The summed E-state index contributed by atoms with van der Waals surface area (Å²) in [5, 5.41) is 3.32. The summed E-state index contributed by atoms with van der Waals surface area (Å²) >= 11 is 0. The Labute approximate surface area is 116 Å². The van der Waals surface area contributed by atoms with Crippen molar-refractivity contribution in [2.24, 2.45) is 0 Å². The lowest BCUT2D eigenvalue weighted by molar-refractivity contribution is 0.199. The highest BCUT2D eigenvalue weighted by Gasteiger charge is 2.00. The molecule has 1 aromatic rings. The normalized spacial score (nSPS) is 10.4. The molecule has 1 rings (SSSR count). The Bertz CT molecular complexity index is 352. The van der Waals surface area contributed by atoms with Crippen LogP contribution in [0.15, 0.2) is 36.9 Å². The Hall–Kier alpha value is -1.32. The molecule has 0 aliphatic heterocycles. The first-order valence-electron chi connectivity index (χ1n) is 6.89. The number of allylic oxidation sites excluding steroid dienone is 1. The van der Waals surface area contributed by atoms with Crippen molar-refractivity contribution in [2.45, 2.75) is 19.3 Å². The van der Waals surface area contributed by atoms with Crippen molar-refractivity contribution in [3.05, 3.63) is 42.5 Å². The number of hydrogen-bond donors (Lipinski definition) is 1. The molecule has 0 heterocycles. The van der Waals surface area contributed by atoms with Crippen molar-refractivity contribution in [3.8, 4) is 5.75 Å². The van der Waals surface area contributed by atoms with Crippen molar-refractivity contribution in [3.63, 3.8) is 0 Å². The van der Waals surface area contributed by atoms with E-state index in [2.05, 4.69) is 18.0 Å². The van der Waals surface area contributed by atoms with E-state index in [4.69, 9.17) is 9.47 Å². The number of rotatable bonds is 11. The third-order valence-electron chi connectivity index (χ3n) is 2.83. The van der Waals surface area contributed by atoms with Crippen LogP contribution in [0.1, 0.15) is 18.4 Å². The molecule has 0 amide bonds. The van der Waals surface area contributed by atoms with E-state index in [1.807, 2.05) is 24.3 Å². The van der Waals surface area contributed by atoms with E-state index in [0.29, 0.717) is 0 Å².